The molecule has 37 heteroatoms. The quantitative estimate of drug-likeness (QED) is 0.0206. The number of esters is 1. The van der Waals surface area contributed by atoms with Crippen LogP contribution in [0.25, 0.3) is 0 Å². The second-order valence-electron chi connectivity index (χ2n) is 37.9. The van der Waals surface area contributed by atoms with Gasteiger partial charge >= 0.3 is 5.97 Å². The number of rotatable bonds is 38. The van der Waals surface area contributed by atoms with E-state index in [1.165, 1.54) is 128 Å². The van der Waals surface area contributed by atoms with Crippen LogP contribution in [0.4, 0.5) is 0 Å². The Morgan fingerprint density at radius 1 is 0.407 bits per heavy atom. The van der Waals surface area contributed by atoms with Crippen molar-refractivity contribution in [1.82, 2.24) is 39.2 Å². The number of piperidine rings is 4. The highest BCUT2D eigenvalue weighted by Gasteiger charge is 2.57. The maximum Gasteiger partial charge on any atom is 0.302 e. The molecule has 9 heterocycles. The van der Waals surface area contributed by atoms with Gasteiger partial charge in [-0.3, -0.25) is 62.3 Å². The number of carbonyl (C=O) groups is 13. The summed E-state index contributed by atoms with van der Waals surface area (Å²) >= 11 is 0. The molecular formula is C113H150N8O29. The molecular weight excluding hydrogens is 1930 g/mol. The molecule has 816 valence electrons. The van der Waals surface area contributed by atoms with Crippen molar-refractivity contribution in [3.05, 3.63) is 190 Å². The molecule has 8 amide bonds. The fourth-order valence-corrected chi connectivity index (χ4v) is 20.9. The van der Waals surface area contributed by atoms with Gasteiger partial charge in [0.2, 0.25) is 46.7 Å². The minimum atomic E-state index is -0.810. The molecule has 0 spiro atoms. The fourth-order valence-electron chi connectivity index (χ4n) is 20.9. The molecule has 0 radical (unpaired) electrons. The van der Waals surface area contributed by atoms with E-state index in [0.29, 0.717) is 95.0 Å². The summed E-state index contributed by atoms with van der Waals surface area (Å²) in [4.78, 5) is 186. The smallest absolute Gasteiger partial charge is 0.302 e. The molecule has 150 heavy (non-hydrogen) atoms. The molecule has 8 fully saturated rings. The molecule has 0 aromatic heterocycles. The molecule has 7 aromatic carbocycles. The summed E-state index contributed by atoms with van der Waals surface area (Å²) in [7, 11) is 14.5. The largest absolute Gasteiger partial charge is 0.497 e. The molecule has 2 N–H and O–H groups in total. The normalized spacial score (nSPS) is 20.1. The average Bonchev–Trinajstić information content (AvgIpc) is 0.726. The zero-order valence-corrected chi connectivity index (χ0v) is 85.4. The molecule has 8 saturated heterocycles. The highest BCUT2D eigenvalue weighted by Crippen LogP contribution is 2.48. The number of piperazine rings is 4. The summed E-state index contributed by atoms with van der Waals surface area (Å²) in [6.45, 7) is 9.18. The van der Waals surface area contributed by atoms with Gasteiger partial charge in [-0.25, -0.2) is 0 Å². The van der Waals surface area contributed by atoms with Gasteiger partial charge in [0.05, 0.1) is 166 Å². The molecule has 0 aliphatic carbocycles. The molecule has 7 aromatic rings. The maximum atomic E-state index is 13.8. The standard InChI is InChI=1S/C30H36N2O9.2C28H34N2O8.C23H30N2O4.4CH4/c1-19(33)41-18-23(17-40-16-20-9-6-5-7-10-20)31-15-22-11-8-12-24(29(31)35)32(22)30(36)27(34)21-13-25(37-2)28(39-4)26(14-21)38-3;1-35-23-12-19(13-24(36-2)26(23)37-3)25(32)28(34)30-20-10-7-11-22(30)27(33)29(14-20)15-21(16-31)38-17-18-8-5-4-6-9-18;1-35-23-12-19(13-24(36-2)26(23)37-3)25(32)28(34)30-20-10-7-11-22(30)27(33)29(14-20)21(15-31)17-38-16-18-8-5-4-6-9-18;1-5-23(2,3)20(26)22(28)25-17-7-6-8-18(25)21(27)24-12-11-14-9-10-15(29-4)13-16(14)19(17)24;;;;/h5-7,9-10,13-14,22-24H,8,11-12,15-18H2,1-4H3;2*4-6,8-9,12-13,20-22,31H,7,10-11,14-17H2,1-3H3;9-10,13,17-19H,5-8,11-12H2,1-4H3;4*1H4/t;20?,21-,22?;;;;;;/m.0....../s1. The van der Waals surface area contributed by atoms with E-state index in [1.54, 1.807) is 26.7 Å². The minimum absolute atomic E-state index is 0. The number of amides is 8. The number of ether oxygens (including phenoxy) is 14. The van der Waals surface area contributed by atoms with Crippen molar-refractivity contribution in [1.29, 1.82) is 0 Å². The van der Waals surface area contributed by atoms with Crippen LogP contribution < -0.4 is 47.4 Å². The second-order valence-corrected chi connectivity index (χ2v) is 37.9. The summed E-state index contributed by atoms with van der Waals surface area (Å²) in [5.74, 6) is -3.53. The Labute approximate surface area is 879 Å². The van der Waals surface area contributed by atoms with Crippen molar-refractivity contribution in [3.8, 4) is 57.5 Å². The number of aliphatic hydroxyl groups is 2. The van der Waals surface area contributed by atoms with Gasteiger partial charge in [0.1, 0.15) is 36.5 Å². The Kier molecular flexibility index (Phi) is 44.0. The van der Waals surface area contributed by atoms with E-state index in [4.69, 9.17) is 66.3 Å². The number of hydrogen-bond acceptors (Lipinski definition) is 29. The van der Waals surface area contributed by atoms with Gasteiger partial charge in [0.15, 0.2) is 34.5 Å². The average molecular weight is 2080 g/mol. The Balaban J connectivity index is 0.000000221. The van der Waals surface area contributed by atoms with Gasteiger partial charge < -0.3 is 116 Å². The Morgan fingerprint density at radius 3 is 1.17 bits per heavy atom. The van der Waals surface area contributed by atoms with E-state index in [2.05, 4.69) is 6.07 Å². The summed E-state index contributed by atoms with van der Waals surface area (Å²) in [5, 5.41) is 20.0. The van der Waals surface area contributed by atoms with Crippen molar-refractivity contribution < 1.29 is 139 Å². The summed E-state index contributed by atoms with van der Waals surface area (Å²) in [6.07, 6.45) is 8.72. The van der Waals surface area contributed by atoms with Crippen LogP contribution in [0.5, 0.6) is 57.5 Å². The number of Topliss-reactive ketones (excluding diaryl/α,β-unsaturated/α-hetero) is 4. The van der Waals surface area contributed by atoms with Crippen LogP contribution in [-0.2, 0) is 93.1 Å². The third-order valence-electron chi connectivity index (χ3n) is 28.8. The van der Waals surface area contributed by atoms with Crippen LogP contribution in [0.2, 0.25) is 0 Å². The summed E-state index contributed by atoms with van der Waals surface area (Å²) in [5.41, 5.74) is 4.70. The molecule has 12 atom stereocenters. The maximum absolute atomic E-state index is 13.8. The fraction of sp³-hybridized carbons (Fsp3) is 0.513. The first-order valence-corrected chi connectivity index (χ1v) is 49.4. The lowest BCUT2D eigenvalue weighted by Crippen LogP contribution is -2.68. The number of benzene rings is 7. The van der Waals surface area contributed by atoms with Crippen molar-refractivity contribution in [3.63, 3.8) is 0 Å². The Morgan fingerprint density at radius 2 is 0.787 bits per heavy atom. The molecule has 8 bridgehead atoms. The van der Waals surface area contributed by atoms with Gasteiger partial charge in [-0.05, 0) is 166 Å². The first kappa shape index (κ1) is 120. The third kappa shape index (κ3) is 26.6. The topological polar surface area (TPSA) is 418 Å². The summed E-state index contributed by atoms with van der Waals surface area (Å²) < 4.78 is 76.2. The highest BCUT2D eigenvalue weighted by atomic mass is 16.6. The van der Waals surface area contributed by atoms with E-state index in [-0.39, 0.29) is 200 Å². The number of fused-ring (bicyclic) bond motifs is 12. The Bertz CT molecular complexity index is 5760. The number of ketones is 4. The van der Waals surface area contributed by atoms with Crippen LogP contribution in [0.3, 0.4) is 0 Å². The highest BCUT2D eigenvalue weighted by molar-refractivity contribution is 6.45. The lowest BCUT2D eigenvalue weighted by atomic mass is 9.77. The summed E-state index contributed by atoms with van der Waals surface area (Å²) in [6, 6.07) is 38.1. The number of aliphatic hydroxyl groups excluding tert-OH is 2. The lowest BCUT2D eigenvalue weighted by Gasteiger charge is -2.55. The second kappa shape index (κ2) is 55.1. The van der Waals surface area contributed by atoms with E-state index >= 15 is 0 Å². The SMILES string of the molecule is C.C.C.C.CCC(C)(C)C(=O)C(=O)N1C2CCCC1C1c3cc(OC)ccc3CCN1C2=O.COc1cc(C(=O)C(=O)N2C3CCCC2C(=O)N(C(CO)COCc2ccccc2)C3)cc(OC)c1OC.COc1cc(C(=O)C(=O)N2C3CCCC2C(=O)N(C(COCc2ccccc2)COC(C)=O)C3)cc(OC)c1OC.COc1cc(C(=O)C(=O)N2C3CCCC2C(=O)N(C[C@@H](CO)OCc2ccccc2)C3)cc(OC)c1OC. The number of likely N-dealkylation sites (tertiary alicyclic amines) is 3. The molecule has 0 saturated carbocycles. The molecule has 37 nitrogen and oxygen atoms in total. The van der Waals surface area contributed by atoms with Crippen molar-refractivity contribution in [2.75, 3.05) is 137 Å². The predicted octanol–water partition coefficient (Wildman–Crippen LogP) is 12.2. The first-order valence-electron chi connectivity index (χ1n) is 49.4. The van der Waals surface area contributed by atoms with Crippen LogP contribution in [0.15, 0.2) is 146 Å². The van der Waals surface area contributed by atoms with Gasteiger partial charge in [-0.15, -0.1) is 0 Å². The lowest BCUT2D eigenvalue weighted by molar-refractivity contribution is -0.170. The van der Waals surface area contributed by atoms with Crippen molar-refractivity contribution in [2.24, 2.45) is 5.41 Å². The zero-order chi connectivity index (χ0) is 105. The van der Waals surface area contributed by atoms with Crippen LogP contribution >= 0.6 is 0 Å². The van der Waals surface area contributed by atoms with Crippen molar-refractivity contribution >= 4 is 76.4 Å². The minimum Gasteiger partial charge on any atom is -0.497 e. The van der Waals surface area contributed by atoms with E-state index in [9.17, 15) is 72.5 Å². The van der Waals surface area contributed by atoms with Gasteiger partial charge in [-0.2, -0.15) is 0 Å². The first-order chi connectivity index (χ1) is 70.4. The Hall–Kier alpha value is -13.8. The van der Waals surface area contributed by atoms with Crippen LogP contribution in [0, 0.1) is 5.41 Å². The number of methoxy groups -OCH3 is 10. The number of hydrogen-bond donors (Lipinski definition) is 2. The monoisotopic (exact) mass is 2080 g/mol. The third-order valence-corrected chi connectivity index (χ3v) is 28.8. The van der Waals surface area contributed by atoms with Crippen molar-refractivity contribution in [2.45, 2.75) is 240 Å². The zero-order valence-electron chi connectivity index (χ0n) is 85.4. The van der Waals surface area contributed by atoms with Gasteiger partial charge in [0, 0.05) is 61.8 Å². The van der Waals surface area contributed by atoms with Gasteiger partial charge in [0.25, 0.3) is 41.0 Å². The molecule has 9 aliphatic heterocycles. The van der Waals surface area contributed by atoms with Gasteiger partial charge in [-0.1, -0.05) is 148 Å². The molecule has 11 unspecified atom stereocenters. The number of carbonyl (C=O) groups excluding carboxylic acids is 13. The number of nitrogens with zero attached hydrogens (tertiary/aromatic N) is 8. The molecule has 16 rings (SSSR count). The van der Waals surface area contributed by atoms with Crippen LogP contribution in [-0.4, -0.2) is 329 Å². The predicted molar refractivity (Wildman–Crippen MR) is 557 cm³/mol. The van der Waals surface area contributed by atoms with Crippen LogP contribution in [0.1, 0.15) is 206 Å². The van der Waals surface area contributed by atoms with E-state index in [1.807, 2.05) is 129 Å². The van der Waals surface area contributed by atoms with E-state index in [0.717, 1.165) is 66.5 Å². The molecule has 9 aliphatic rings. The van der Waals surface area contributed by atoms with E-state index < -0.39 is 94.7 Å².